The van der Waals surface area contributed by atoms with Crippen molar-refractivity contribution >= 4 is 0 Å². The Labute approximate surface area is 125 Å². The quantitative estimate of drug-likeness (QED) is 0.738. The molecule has 0 bridgehead atoms. The van der Waals surface area contributed by atoms with Crippen LogP contribution >= 0.6 is 0 Å². The van der Waals surface area contributed by atoms with Crippen LogP contribution in [-0.2, 0) is 6.42 Å². The van der Waals surface area contributed by atoms with E-state index >= 15 is 0 Å². The number of likely N-dealkylation sites (N-methyl/N-ethyl adjacent to an activating group) is 1. The van der Waals surface area contributed by atoms with Gasteiger partial charge in [0.1, 0.15) is 0 Å². The van der Waals surface area contributed by atoms with E-state index in [1.54, 1.807) is 0 Å². The average molecular weight is 276 g/mol. The molecule has 20 heavy (non-hydrogen) atoms. The lowest BCUT2D eigenvalue weighted by Gasteiger charge is -2.30. The van der Waals surface area contributed by atoms with Crippen LogP contribution in [0.5, 0.6) is 0 Å². The molecule has 2 N–H and O–H groups in total. The zero-order valence-corrected chi connectivity index (χ0v) is 13.7. The first-order chi connectivity index (χ1) is 9.62. The fraction of sp³-hybridized carbons (Fsp3) is 0.667. The number of nitrogens with two attached hydrogens (primary N) is 1. The first-order valence-electron chi connectivity index (χ1n) is 8.15. The second kappa shape index (κ2) is 9.15. The number of unbranched alkanes of at least 4 members (excludes halogenated alkanes) is 1. The van der Waals surface area contributed by atoms with E-state index in [2.05, 4.69) is 56.9 Å². The van der Waals surface area contributed by atoms with Crippen LogP contribution in [0, 0.1) is 5.92 Å². The van der Waals surface area contributed by atoms with Crippen LogP contribution in [0.3, 0.4) is 0 Å². The van der Waals surface area contributed by atoms with Crippen molar-refractivity contribution in [2.75, 3.05) is 19.6 Å². The Morgan fingerprint density at radius 2 is 1.75 bits per heavy atom. The van der Waals surface area contributed by atoms with Crippen molar-refractivity contribution in [2.24, 2.45) is 11.7 Å². The summed E-state index contributed by atoms with van der Waals surface area (Å²) in [7, 11) is 0. The van der Waals surface area contributed by atoms with Gasteiger partial charge in [-0.3, -0.25) is 4.90 Å². The van der Waals surface area contributed by atoms with Gasteiger partial charge in [-0.25, -0.2) is 0 Å². The molecule has 1 aromatic rings. The highest BCUT2D eigenvalue weighted by Crippen LogP contribution is 2.21. The molecule has 0 heterocycles. The number of benzene rings is 1. The molecule has 1 rings (SSSR count). The second-order valence-electron chi connectivity index (χ2n) is 6.07. The number of hydrogen-bond donors (Lipinski definition) is 1. The normalized spacial score (nSPS) is 13.2. The van der Waals surface area contributed by atoms with Gasteiger partial charge in [-0.15, -0.1) is 0 Å². The van der Waals surface area contributed by atoms with Gasteiger partial charge in [0.05, 0.1) is 0 Å². The van der Waals surface area contributed by atoms with Gasteiger partial charge in [-0.2, -0.15) is 0 Å². The van der Waals surface area contributed by atoms with Crippen molar-refractivity contribution < 1.29 is 0 Å². The monoisotopic (exact) mass is 276 g/mol. The zero-order valence-electron chi connectivity index (χ0n) is 13.7. The molecule has 0 aliphatic carbocycles. The van der Waals surface area contributed by atoms with E-state index in [0.29, 0.717) is 18.5 Å². The molecule has 2 nitrogen and oxygen atoms in total. The van der Waals surface area contributed by atoms with Gasteiger partial charge in [0, 0.05) is 12.6 Å². The molecule has 0 fully saturated rings. The Balaban J connectivity index is 2.77. The van der Waals surface area contributed by atoms with Gasteiger partial charge in [0.15, 0.2) is 0 Å². The van der Waals surface area contributed by atoms with Crippen molar-refractivity contribution in [1.82, 2.24) is 4.90 Å². The molecule has 0 amide bonds. The summed E-state index contributed by atoms with van der Waals surface area (Å²) in [6.07, 6.45) is 3.64. The minimum atomic E-state index is 0.361. The highest BCUT2D eigenvalue weighted by atomic mass is 15.2. The third-order valence-electron chi connectivity index (χ3n) is 3.88. The highest BCUT2D eigenvalue weighted by Gasteiger charge is 2.17. The summed E-state index contributed by atoms with van der Waals surface area (Å²) >= 11 is 0. The Morgan fingerprint density at radius 3 is 2.20 bits per heavy atom. The first kappa shape index (κ1) is 17.2. The van der Waals surface area contributed by atoms with Crippen LogP contribution in [0.25, 0.3) is 0 Å². The molecule has 114 valence electrons. The van der Waals surface area contributed by atoms with Crippen molar-refractivity contribution in [2.45, 2.75) is 53.0 Å². The van der Waals surface area contributed by atoms with Gasteiger partial charge in [0.25, 0.3) is 0 Å². The van der Waals surface area contributed by atoms with Crippen LogP contribution < -0.4 is 5.73 Å². The SMILES string of the molecule is CCCCN(CC)C(CN)c1ccc(CC(C)C)cc1. The van der Waals surface area contributed by atoms with E-state index < -0.39 is 0 Å². The smallest absolute Gasteiger partial charge is 0.0470 e. The fourth-order valence-electron chi connectivity index (χ4n) is 2.74. The summed E-state index contributed by atoms with van der Waals surface area (Å²) in [5, 5.41) is 0. The van der Waals surface area contributed by atoms with Crippen LogP contribution in [0.15, 0.2) is 24.3 Å². The Morgan fingerprint density at radius 1 is 1.10 bits per heavy atom. The van der Waals surface area contributed by atoms with Gasteiger partial charge in [-0.05, 0) is 43.0 Å². The van der Waals surface area contributed by atoms with Crippen LogP contribution in [0.1, 0.15) is 57.7 Å². The van der Waals surface area contributed by atoms with Gasteiger partial charge in [0.2, 0.25) is 0 Å². The zero-order chi connectivity index (χ0) is 15.0. The summed E-state index contributed by atoms with van der Waals surface area (Å²) in [6, 6.07) is 9.44. The molecular formula is C18H32N2. The summed E-state index contributed by atoms with van der Waals surface area (Å²) in [5.74, 6) is 0.711. The van der Waals surface area contributed by atoms with E-state index in [1.807, 2.05) is 0 Å². The molecule has 0 saturated carbocycles. The second-order valence-corrected chi connectivity index (χ2v) is 6.07. The first-order valence-corrected chi connectivity index (χ1v) is 8.15. The molecule has 2 heteroatoms. The van der Waals surface area contributed by atoms with E-state index in [-0.39, 0.29) is 0 Å². The van der Waals surface area contributed by atoms with E-state index in [9.17, 15) is 0 Å². The Kier molecular flexibility index (Phi) is 7.86. The minimum absolute atomic E-state index is 0.361. The van der Waals surface area contributed by atoms with Crippen molar-refractivity contribution in [3.63, 3.8) is 0 Å². The van der Waals surface area contributed by atoms with E-state index in [1.165, 1.54) is 24.0 Å². The molecule has 0 aliphatic heterocycles. The average Bonchev–Trinajstić information content (AvgIpc) is 2.44. The summed E-state index contributed by atoms with van der Waals surface area (Å²) in [4.78, 5) is 2.50. The Hall–Kier alpha value is -0.860. The summed E-state index contributed by atoms with van der Waals surface area (Å²) in [5.41, 5.74) is 8.82. The highest BCUT2D eigenvalue weighted by molar-refractivity contribution is 5.25. The maximum Gasteiger partial charge on any atom is 0.0470 e. The topological polar surface area (TPSA) is 29.3 Å². The predicted octanol–water partition coefficient (Wildman–Crippen LogP) is 4.01. The molecule has 1 atom stereocenters. The molecular weight excluding hydrogens is 244 g/mol. The lowest BCUT2D eigenvalue weighted by molar-refractivity contribution is 0.209. The lowest BCUT2D eigenvalue weighted by atomic mass is 9.98. The van der Waals surface area contributed by atoms with Crippen molar-refractivity contribution in [3.8, 4) is 0 Å². The predicted molar refractivity (Wildman–Crippen MR) is 88.9 cm³/mol. The molecule has 1 aromatic carbocycles. The lowest BCUT2D eigenvalue weighted by Crippen LogP contribution is -2.34. The summed E-state index contributed by atoms with van der Waals surface area (Å²) in [6.45, 7) is 11.9. The fourth-order valence-corrected chi connectivity index (χ4v) is 2.74. The molecule has 0 spiro atoms. The van der Waals surface area contributed by atoms with E-state index in [4.69, 9.17) is 5.73 Å². The Bertz CT molecular complexity index is 356. The maximum absolute atomic E-state index is 6.03. The standard InChI is InChI=1S/C18H32N2/c1-5-7-12-20(6-2)18(14-19)17-10-8-16(9-11-17)13-15(3)4/h8-11,15,18H,5-7,12-14,19H2,1-4H3. The molecule has 0 radical (unpaired) electrons. The van der Waals surface area contributed by atoms with Crippen LogP contribution in [0.4, 0.5) is 0 Å². The maximum atomic E-state index is 6.03. The van der Waals surface area contributed by atoms with Crippen LogP contribution in [-0.4, -0.2) is 24.5 Å². The summed E-state index contributed by atoms with van der Waals surface area (Å²) < 4.78 is 0. The van der Waals surface area contributed by atoms with Crippen molar-refractivity contribution in [1.29, 1.82) is 0 Å². The molecule has 0 aliphatic rings. The molecule has 1 unspecified atom stereocenters. The van der Waals surface area contributed by atoms with Crippen molar-refractivity contribution in [3.05, 3.63) is 35.4 Å². The number of nitrogens with zero attached hydrogens (tertiary/aromatic N) is 1. The van der Waals surface area contributed by atoms with Gasteiger partial charge >= 0.3 is 0 Å². The molecule has 0 aromatic heterocycles. The number of rotatable bonds is 9. The number of hydrogen-bond acceptors (Lipinski definition) is 2. The van der Waals surface area contributed by atoms with Gasteiger partial charge < -0.3 is 5.73 Å². The molecule has 0 saturated heterocycles. The van der Waals surface area contributed by atoms with E-state index in [0.717, 1.165) is 19.5 Å². The largest absolute Gasteiger partial charge is 0.329 e. The third-order valence-corrected chi connectivity index (χ3v) is 3.88. The third kappa shape index (κ3) is 5.26. The van der Waals surface area contributed by atoms with Gasteiger partial charge in [-0.1, -0.05) is 58.4 Å². The van der Waals surface area contributed by atoms with Crippen LogP contribution in [0.2, 0.25) is 0 Å². The minimum Gasteiger partial charge on any atom is -0.329 e.